The smallest absolute Gasteiger partial charge is 0.384 e. The van der Waals surface area contributed by atoms with Crippen molar-refractivity contribution in [2.75, 3.05) is 17.6 Å². The Bertz CT molecular complexity index is 401. The normalized spacial score (nSPS) is 14.8. The highest BCUT2D eigenvalue weighted by molar-refractivity contribution is 7.99. The summed E-state index contributed by atoms with van der Waals surface area (Å²) in [7, 11) is 0. The Kier molecular flexibility index (Phi) is 3.06. The molecule has 0 aliphatic carbocycles. The van der Waals surface area contributed by atoms with Gasteiger partial charge in [0.05, 0.1) is 5.56 Å². The Labute approximate surface area is 96.4 Å². The second-order valence-electron chi connectivity index (χ2n) is 3.61. The molecular formula is C11H12F3NS. The van der Waals surface area contributed by atoms with E-state index in [0.29, 0.717) is 16.3 Å². The molecule has 1 nitrogen and oxygen atoms in total. The summed E-state index contributed by atoms with van der Waals surface area (Å²) in [5, 5.41) is 2.97. The van der Waals surface area contributed by atoms with Crippen LogP contribution in [0.1, 0.15) is 18.1 Å². The lowest BCUT2D eigenvalue weighted by Crippen LogP contribution is -2.07. The van der Waals surface area contributed by atoms with E-state index in [1.807, 2.05) is 6.92 Å². The maximum absolute atomic E-state index is 12.8. The van der Waals surface area contributed by atoms with Gasteiger partial charge in [0.25, 0.3) is 0 Å². The summed E-state index contributed by atoms with van der Waals surface area (Å²) in [6, 6.07) is 2.91. The van der Waals surface area contributed by atoms with Crippen LogP contribution in [0.2, 0.25) is 0 Å². The van der Waals surface area contributed by atoms with Crippen LogP contribution in [-0.2, 0) is 12.6 Å². The molecule has 5 heteroatoms. The zero-order chi connectivity index (χ0) is 11.8. The van der Waals surface area contributed by atoms with Gasteiger partial charge in [-0.25, -0.2) is 0 Å². The molecular weight excluding hydrogens is 235 g/mol. The van der Waals surface area contributed by atoms with Crippen LogP contribution in [0.25, 0.3) is 0 Å². The van der Waals surface area contributed by atoms with Crippen LogP contribution in [0, 0.1) is 0 Å². The third-order valence-corrected chi connectivity index (χ3v) is 3.46. The van der Waals surface area contributed by atoms with Crippen LogP contribution in [0.3, 0.4) is 0 Å². The third-order valence-electron chi connectivity index (χ3n) is 2.52. The van der Waals surface area contributed by atoms with Gasteiger partial charge in [-0.15, -0.1) is 11.8 Å². The lowest BCUT2D eigenvalue weighted by molar-refractivity contribution is -0.139. The summed E-state index contributed by atoms with van der Waals surface area (Å²) in [5.41, 5.74) is 1.10. The van der Waals surface area contributed by atoms with Crippen LogP contribution >= 0.6 is 11.8 Å². The molecule has 1 heterocycles. The Morgan fingerprint density at radius 3 is 2.75 bits per heavy atom. The fraction of sp³-hybridized carbons (Fsp3) is 0.455. The number of alkyl halides is 3. The third kappa shape index (κ3) is 2.14. The molecule has 2 rings (SSSR count). The Morgan fingerprint density at radius 1 is 1.38 bits per heavy atom. The number of nitrogens with one attached hydrogen (secondary N) is 1. The number of thioether (sulfide) groups is 1. The number of hydrogen-bond acceptors (Lipinski definition) is 2. The number of halogens is 3. The van der Waals surface area contributed by atoms with E-state index in [9.17, 15) is 13.2 Å². The van der Waals surface area contributed by atoms with Gasteiger partial charge in [-0.2, -0.15) is 13.2 Å². The van der Waals surface area contributed by atoms with Gasteiger partial charge in [0.15, 0.2) is 0 Å². The van der Waals surface area contributed by atoms with Crippen molar-refractivity contribution in [3.05, 3.63) is 23.3 Å². The summed E-state index contributed by atoms with van der Waals surface area (Å²) in [5.74, 6) is 0.648. The number of benzene rings is 1. The fourth-order valence-corrected chi connectivity index (χ4v) is 2.69. The van der Waals surface area contributed by atoms with Crippen molar-refractivity contribution >= 4 is 17.4 Å². The minimum Gasteiger partial charge on any atom is -0.384 e. The summed E-state index contributed by atoms with van der Waals surface area (Å²) in [6.45, 7) is 2.59. The summed E-state index contributed by atoms with van der Waals surface area (Å²) in [6.07, 6.45) is -3.46. The number of rotatable bonds is 2. The average molecular weight is 247 g/mol. The van der Waals surface area contributed by atoms with Gasteiger partial charge < -0.3 is 5.32 Å². The van der Waals surface area contributed by atoms with Crippen molar-refractivity contribution in [3.8, 4) is 0 Å². The highest BCUT2D eigenvalue weighted by atomic mass is 32.2. The van der Waals surface area contributed by atoms with Gasteiger partial charge >= 0.3 is 6.18 Å². The van der Waals surface area contributed by atoms with Crippen LogP contribution in [-0.4, -0.2) is 12.3 Å². The molecule has 0 unspecified atom stereocenters. The van der Waals surface area contributed by atoms with Crippen LogP contribution < -0.4 is 5.32 Å². The number of anilines is 1. The number of fused-ring (bicyclic) bond motifs is 1. The topological polar surface area (TPSA) is 12.0 Å². The Morgan fingerprint density at radius 2 is 2.12 bits per heavy atom. The van der Waals surface area contributed by atoms with E-state index in [-0.39, 0.29) is 0 Å². The van der Waals surface area contributed by atoms with Crippen molar-refractivity contribution < 1.29 is 13.2 Å². The lowest BCUT2D eigenvalue weighted by atomic mass is 10.1. The van der Waals surface area contributed by atoms with Crippen LogP contribution in [0.15, 0.2) is 17.0 Å². The standard InChI is InChI=1S/C11H12F3NS/c1-2-16-10-5-7-3-4-15-9(7)6-8(10)11(12,13)14/h5-6,15H,2-4H2,1H3. The maximum Gasteiger partial charge on any atom is 0.417 e. The van der Waals surface area contributed by atoms with Crippen LogP contribution in [0.4, 0.5) is 18.9 Å². The quantitative estimate of drug-likeness (QED) is 0.798. The second-order valence-corrected chi connectivity index (χ2v) is 4.92. The molecule has 0 atom stereocenters. The molecule has 1 aliphatic heterocycles. The fourth-order valence-electron chi connectivity index (χ4n) is 1.82. The predicted molar refractivity (Wildman–Crippen MR) is 60.0 cm³/mol. The maximum atomic E-state index is 12.8. The molecule has 1 aromatic carbocycles. The molecule has 1 aliphatic rings. The number of hydrogen-bond donors (Lipinski definition) is 1. The van der Waals surface area contributed by atoms with Gasteiger partial charge in [-0.05, 0) is 29.9 Å². The highest BCUT2D eigenvalue weighted by Crippen LogP contribution is 2.40. The molecule has 0 amide bonds. The SMILES string of the molecule is CCSc1cc2c(cc1C(F)(F)F)NCC2. The van der Waals surface area contributed by atoms with Crippen molar-refractivity contribution in [2.24, 2.45) is 0 Å². The van der Waals surface area contributed by atoms with Crippen LogP contribution in [0.5, 0.6) is 0 Å². The average Bonchev–Trinajstić information content (AvgIpc) is 2.62. The Balaban J connectivity index is 2.49. The molecule has 88 valence electrons. The summed E-state index contributed by atoms with van der Waals surface area (Å²) < 4.78 is 38.4. The predicted octanol–water partition coefficient (Wildman–Crippen LogP) is 3.79. The molecule has 0 aromatic heterocycles. The van der Waals surface area contributed by atoms with E-state index in [2.05, 4.69) is 5.32 Å². The molecule has 0 saturated carbocycles. The summed E-state index contributed by atoms with van der Waals surface area (Å²) >= 11 is 1.25. The molecule has 0 bridgehead atoms. The molecule has 0 radical (unpaired) electrons. The lowest BCUT2D eigenvalue weighted by Gasteiger charge is -2.14. The monoisotopic (exact) mass is 247 g/mol. The summed E-state index contributed by atoms with van der Waals surface area (Å²) in [4.78, 5) is 0.345. The molecule has 0 fully saturated rings. The van der Waals surface area contributed by atoms with Crippen molar-refractivity contribution in [2.45, 2.75) is 24.4 Å². The van der Waals surface area contributed by atoms with Gasteiger partial charge in [0, 0.05) is 17.1 Å². The van der Waals surface area contributed by atoms with E-state index in [0.717, 1.165) is 18.5 Å². The van der Waals surface area contributed by atoms with Gasteiger partial charge in [-0.1, -0.05) is 6.92 Å². The van der Waals surface area contributed by atoms with Gasteiger partial charge in [-0.3, -0.25) is 0 Å². The highest BCUT2D eigenvalue weighted by Gasteiger charge is 2.34. The Hall–Kier alpha value is -0.840. The van der Waals surface area contributed by atoms with E-state index in [4.69, 9.17) is 0 Å². The molecule has 1 aromatic rings. The minimum atomic E-state index is -4.27. The largest absolute Gasteiger partial charge is 0.417 e. The van der Waals surface area contributed by atoms with Gasteiger partial charge in [0.1, 0.15) is 0 Å². The molecule has 0 spiro atoms. The zero-order valence-electron chi connectivity index (χ0n) is 8.82. The van der Waals surface area contributed by atoms with Crippen molar-refractivity contribution in [1.29, 1.82) is 0 Å². The molecule has 0 saturated heterocycles. The van der Waals surface area contributed by atoms with E-state index in [1.165, 1.54) is 17.8 Å². The van der Waals surface area contributed by atoms with E-state index < -0.39 is 11.7 Å². The first-order valence-corrected chi connectivity index (χ1v) is 6.11. The first kappa shape index (κ1) is 11.6. The van der Waals surface area contributed by atoms with Crippen molar-refractivity contribution in [3.63, 3.8) is 0 Å². The zero-order valence-corrected chi connectivity index (χ0v) is 9.63. The molecule has 1 N–H and O–H groups in total. The second kappa shape index (κ2) is 4.20. The van der Waals surface area contributed by atoms with Gasteiger partial charge in [0.2, 0.25) is 0 Å². The first-order valence-electron chi connectivity index (χ1n) is 5.13. The first-order chi connectivity index (χ1) is 7.52. The van der Waals surface area contributed by atoms with E-state index >= 15 is 0 Å². The minimum absolute atomic E-state index is 0.345. The van der Waals surface area contributed by atoms with E-state index in [1.54, 1.807) is 6.07 Å². The van der Waals surface area contributed by atoms with Crippen molar-refractivity contribution in [1.82, 2.24) is 0 Å². The molecule has 16 heavy (non-hydrogen) atoms.